The zero-order chi connectivity index (χ0) is 17.9. The third-order valence-electron chi connectivity index (χ3n) is 3.87. The van der Waals surface area contributed by atoms with Gasteiger partial charge < -0.3 is 5.32 Å². The molecule has 5 nitrogen and oxygen atoms in total. The number of Topliss-reactive ketones (excluding diaryl/α,β-unsaturated/α-hetero) is 1. The van der Waals surface area contributed by atoms with Crippen LogP contribution in [0.5, 0.6) is 0 Å². The average molecular weight is 327 g/mol. The minimum absolute atomic E-state index is 0.00893. The van der Waals surface area contributed by atoms with Gasteiger partial charge in [-0.05, 0) is 37.6 Å². The quantitative estimate of drug-likeness (QED) is 0.918. The molecule has 0 spiro atoms. The highest BCUT2D eigenvalue weighted by Gasteiger charge is 2.21. The number of carbonyl (C=O) groups is 2. The Bertz CT molecular complexity index is 754. The standard InChI is InChI=1S/C19H25N3O2/c1-13-9-14(2)22(21-13)12-15-7-6-8-16(10-15)18(24)20-11-17(23)19(3,4)5/h6-10H,11-12H2,1-5H3,(H,20,24). The van der Waals surface area contributed by atoms with E-state index in [2.05, 4.69) is 10.4 Å². The van der Waals surface area contributed by atoms with Crippen molar-refractivity contribution in [2.75, 3.05) is 6.54 Å². The molecule has 2 rings (SSSR count). The Labute approximate surface area is 143 Å². The van der Waals surface area contributed by atoms with Crippen molar-refractivity contribution in [3.05, 3.63) is 52.8 Å². The van der Waals surface area contributed by atoms with Gasteiger partial charge in [-0.25, -0.2) is 0 Å². The molecule has 2 aromatic rings. The minimum atomic E-state index is -0.454. The second kappa shape index (κ2) is 6.99. The van der Waals surface area contributed by atoms with E-state index in [0.29, 0.717) is 12.1 Å². The fourth-order valence-electron chi connectivity index (χ4n) is 2.35. The molecule has 0 saturated carbocycles. The van der Waals surface area contributed by atoms with E-state index in [-0.39, 0.29) is 18.2 Å². The lowest BCUT2D eigenvalue weighted by Crippen LogP contribution is -2.35. The molecule has 0 aliphatic carbocycles. The van der Waals surface area contributed by atoms with E-state index < -0.39 is 5.41 Å². The van der Waals surface area contributed by atoms with Gasteiger partial charge in [0.1, 0.15) is 0 Å². The van der Waals surface area contributed by atoms with Crippen molar-refractivity contribution in [1.82, 2.24) is 15.1 Å². The fraction of sp³-hybridized carbons (Fsp3) is 0.421. The van der Waals surface area contributed by atoms with Gasteiger partial charge in [-0.2, -0.15) is 5.10 Å². The Morgan fingerprint density at radius 2 is 1.88 bits per heavy atom. The number of ketones is 1. The summed E-state index contributed by atoms with van der Waals surface area (Å²) in [7, 11) is 0. The normalized spacial score (nSPS) is 11.4. The van der Waals surface area contributed by atoms with Crippen LogP contribution >= 0.6 is 0 Å². The van der Waals surface area contributed by atoms with E-state index in [4.69, 9.17) is 0 Å². The van der Waals surface area contributed by atoms with Gasteiger partial charge in [-0.3, -0.25) is 14.3 Å². The molecule has 0 aliphatic heterocycles. The largest absolute Gasteiger partial charge is 0.345 e. The van der Waals surface area contributed by atoms with Gasteiger partial charge in [0.15, 0.2) is 5.78 Å². The maximum Gasteiger partial charge on any atom is 0.251 e. The SMILES string of the molecule is Cc1cc(C)n(Cc2cccc(C(=O)NCC(=O)C(C)(C)C)c2)n1. The maximum absolute atomic E-state index is 12.3. The first-order valence-electron chi connectivity index (χ1n) is 8.08. The number of nitrogens with zero attached hydrogens (tertiary/aromatic N) is 2. The molecule has 0 bridgehead atoms. The number of hydrogen-bond donors (Lipinski definition) is 1. The van der Waals surface area contributed by atoms with Gasteiger partial charge in [0.05, 0.1) is 18.8 Å². The van der Waals surface area contributed by atoms with E-state index in [9.17, 15) is 9.59 Å². The van der Waals surface area contributed by atoms with Crippen molar-refractivity contribution in [2.45, 2.75) is 41.2 Å². The second-order valence-corrected chi connectivity index (χ2v) is 7.14. The minimum Gasteiger partial charge on any atom is -0.345 e. The molecule has 0 radical (unpaired) electrons. The molecule has 1 amide bonds. The number of amides is 1. The van der Waals surface area contributed by atoms with Crippen LogP contribution in [-0.4, -0.2) is 28.0 Å². The Kier molecular flexibility index (Phi) is 5.22. The van der Waals surface area contributed by atoms with Crippen LogP contribution in [0.2, 0.25) is 0 Å². The molecule has 0 unspecified atom stereocenters. The van der Waals surface area contributed by atoms with Crippen LogP contribution in [0, 0.1) is 19.3 Å². The molecule has 0 atom stereocenters. The number of nitrogens with one attached hydrogen (secondary N) is 1. The molecule has 0 saturated heterocycles. The van der Waals surface area contributed by atoms with Crippen LogP contribution in [0.3, 0.4) is 0 Å². The van der Waals surface area contributed by atoms with Crippen molar-refractivity contribution in [2.24, 2.45) is 5.41 Å². The predicted octanol–water partition coefficient (Wildman–Crippen LogP) is 2.89. The summed E-state index contributed by atoms with van der Waals surface area (Å²) in [6.07, 6.45) is 0. The molecular weight excluding hydrogens is 302 g/mol. The van der Waals surface area contributed by atoms with Crippen LogP contribution in [0.1, 0.15) is 48.1 Å². The van der Waals surface area contributed by atoms with Crippen LogP contribution < -0.4 is 5.32 Å². The lowest BCUT2D eigenvalue weighted by atomic mass is 9.91. The summed E-state index contributed by atoms with van der Waals surface area (Å²) in [5.74, 6) is -0.225. The topological polar surface area (TPSA) is 64.0 Å². The summed E-state index contributed by atoms with van der Waals surface area (Å²) < 4.78 is 1.91. The van der Waals surface area contributed by atoms with E-state index in [1.165, 1.54) is 0 Å². The van der Waals surface area contributed by atoms with E-state index in [0.717, 1.165) is 17.0 Å². The van der Waals surface area contributed by atoms with Gasteiger partial charge in [0.2, 0.25) is 0 Å². The van der Waals surface area contributed by atoms with E-state index >= 15 is 0 Å². The van der Waals surface area contributed by atoms with Crippen molar-refractivity contribution in [3.8, 4) is 0 Å². The number of hydrogen-bond acceptors (Lipinski definition) is 3. The Morgan fingerprint density at radius 1 is 1.17 bits per heavy atom. The average Bonchev–Trinajstić information content (AvgIpc) is 2.81. The van der Waals surface area contributed by atoms with E-state index in [1.54, 1.807) is 6.07 Å². The molecule has 24 heavy (non-hydrogen) atoms. The van der Waals surface area contributed by atoms with Crippen molar-refractivity contribution < 1.29 is 9.59 Å². The summed E-state index contributed by atoms with van der Waals surface area (Å²) in [6, 6.07) is 9.43. The van der Waals surface area contributed by atoms with Gasteiger partial charge in [0.25, 0.3) is 5.91 Å². The molecule has 1 aromatic carbocycles. The second-order valence-electron chi connectivity index (χ2n) is 7.14. The summed E-state index contributed by atoms with van der Waals surface area (Å²) in [5, 5.41) is 7.14. The van der Waals surface area contributed by atoms with Gasteiger partial charge in [-0.1, -0.05) is 32.9 Å². The first-order chi connectivity index (χ1) is 11.2. The summed E-state index contributed by atoms with van der Waals surface area (Å²) in [5.41, 5.74) is 3.15. The first-order valence-corrected chi connectivity index (χ1v) is 8.08. The highest BCUT2D eigenvalue weighted by atomic mass is 16.2. The zero-order valence-electron chi connectivity index (χ0n) is 15.0. The van der Waals surface area contributed by atoms with E-state index in [1.807, 2.05) is 63.6 Å². The molecular formula is C19H25N3O2. The Hall–Kier alpha value is -2.43. The number of aromatic nitrogens is 2. The molecule has 5 heteroatoms. The smallest absolute Gasteiger partial charge is 0.251 e. The predicted molar refractivity (Wildman–Crippen MR) is 94.0 cm³/mol. The monoisotopic (exact) mass is 327 g/mol. The van der Waals surface area contributed by atoms with Gasteiger partial charge >= 0.3 is 0 Å². The molecule has 1 aromatic heterocycles. The van der Waals surface area contributed by atoms with Crippen molar-refractivity contribution in [3.63, 3.8) is 0 Å². The third-order valence-corrected chi connectivity index (χ3v) is 3.87. The number of rotatable bonds is 5. The highest BCUT2D eigenvalue weighted by molar-refractivity contribution is 5.97. The van der Waals surface area contributed by atoms with Crippen LogP contribution in [0.15, 0.2) is 30.3 Å². The highest BCUT2D eigenvalue weighted by Crippen LogP contribution is 2.14. The zero-order valence-corrected chi connectivity index (χ0v) is 15.0. The Morgan fingerprint density at radius 3 is 2.46 bits per heavy atom. The number of aryl methyl sites for hydroxylation is 2. The van der Waals surface area contributed by atoms with Crippen molar-refractivity contribution in [1.29, 1.82) is 0 Å². The molecule has 0 fully saturated rings. The van der Waals surface area contributed by atoms with Crippen LogP contribution in [0.4, 0.5) is 0 Å². The number of carbonyl (C=O) groups excluding carboxylic acids is 2. The summed E-state index contributed by atoms with van der Waals surface area (Å²) in [4.78, 5) is 24.2. The number of benzene rings is 1. The molecule has 128 valence electrons. The molecule has 0 aliphatic rings. The van der Waals surface area contributed by atoms with Gasteiger partial charge in [-0.15, -0.1) is 0 Å². The lowest BCUT2D eigenvalue weighted by Gasteiger charge is -2.16. The molecule has 1 N–H and O–H groups in total. The summed E-state index contributed by atoms with van der Waals surface area (Å²) >= 11 is 0. The fourth-order valence-corrected chi connectivity index (χ4v) is 2.35. The first kappa shape index (κ1) is 17.9. The maximum atomic E-state index is 12.3. The van der Waals surface area contributed by atoms with Gasteiger partial charge in [0, 0.05) is 16.7 Å². The van der Waals surface area contributed by atoms with Crippen molar-refractivity contribution >= 4 is 11.7 Å². The summed E-state index contributed by atoms with van der Waals surface area (Å²) in [6.45, 7) is 10.2. The third kappa shape index (κ3) is 4.54. The lowest BCUT2D eigenvalue weighted by molar-refractivity contribution is -0.125. The Balaban J connectivity index is 2.05. The molecule has 1 heterocycles. The van der Waals surface area contributed by atoms with Crippen LogP contribution in [-0.2, 0) is 11.3 Å². The van der Waals surface area contributed by atoms with Crippen LogP contribution in [0.25, 0.3) is 0 Å².